The number of hydrogen-bond acceptors (Lipinski definition) is 4. The van der Waals surface area contributed by atoms with Crippen LogP contribution in [0.15, 0.2) is 22.8 Å². The molecular formula is C11H18O4. The van der Waals surface area contributed by atoms with E-state index in [1.54, 1.807) is 18.4 Å². The second kappa shape index (κ2) is 5.90. The molecule has 86 valence electrons. The van der Waals surface area contributed by atoms with Gasteiger partial charge < -0.3 is 18.6 Å². The Balaban J connectivity index is 2.90. The fourth-order valence-electron chi connectivity index (χ4n) is 1.36. The van der Waals surface area contributed by atoms with Gasteiger partial charge in [-0.05, 0) is 32.9 Å². The molecule has 0 aliphatic carbocycles. The molecule has 4 nitrogen and oxygen atoms in total. The predicted molar refractivity (Wildman–Crippen MR) is 55.3 cm³/mol. The monoisotopic (exact) mass is 214 g/mol. The summed E-state index contributed by atoms with van der Waals surface area (Å²) >= 11 is 0. The Labute approximate surface area is 90.1 Å². The van der Waals surface area contributed by atoms with Gasteiger partial charge in [0.15, 0.2) is 5.76 Å². The summed E-state index contributed by atoms with van der Waals surface area (Å²) in [6.45, 7) is 7.11. The van der Waals surface area contributed by atoms with E-state index in [9.17, 15) is 0 Å². The maximum absolute atomic E-state index is 5.52. The van der Waals surface area contributed by atoms with Crippen LogP contribution in [0.1, 0.15) is 26.5 Å². The maximum atomic E-state index is 5.52. The van der Waals surface area contributed by atoms with Crippen molar-refractivity contribution >= 4 is 0 Å². The molecule has 0 aromatic carbocycles. The zero-order valence-corrected chi connectivity index (χ0v) is 9.49. The summed E-state index contributed by atoms with van der Waals surface area (Å²) in [5, 5.41) is 0. The van der Waals surface area contributed by atoms with Gasteiger partial charge in [0.25, 0.3) is 0 Å². The Bertz CT molecular complexity index is 239. The molecule has 1 aromatic rings. The highest BCUT2D eigenvalue weighted by Gasteiger charge is 2.38. The number of hydrogen-bond donors (Lipinski definition) is 0. The van der Waals surface area contributed by atoms with Gasteiger partial charge in [0.2, 0.25) is 0 Å². The number of ether oxygens (including phenoxy) is 3. The first-order chi connectivity index (χ1) is 7.29. The van der Waals surface area contributed by atoms with Crippen LogP contribution in [-0.2, 0) is 20.2 Å². The highest BCUT2D eigenvalue weighted by molar-refractivity contribution is 5.03. The first-order valence-electron chi connectivity index (χ1n) is 5.24. The summed E-state index contributed by atoms with van der Waals surface area (Å²) in [5.74, 6) is -0.657. The van der Waals surface area contributed by atoms with E-state index in [0.717, 1.165) is 0 Å². The fourth-order valence-corrected chi connectivity index (χ4v) is 1.36. The molecule has 0 fully saturated rings. The molecule has 15 heavy (non-hydrogen) atoms. The average molecular weight is 214 g/mol. The van der Waals surface area contributed by atoms with Gasteiger partial charge in [-0.3, -0.25) is 0 Å². The molecule has 1 rings (SSSR count). The molecule has 0 atom stereocenters. The smallest absolute Gasteiger partial charge is 0.346 e. The van der Waals surface area contributed by atoms with E-state index in [1.165, 1.54) is 0 Å². The van der Waals surface area contributed by atoms with E-state index in [2.05, 4.69) is 0 Å². The van der Waals surface area contributed by atoms with E-state index >= 15 is 0 Å². The molecular weight excluding hydrogens is 196 g/mol. The lowest BCUT2D eigenvalue weighted by atomic mass is 10.4. The van der Waals surface area contributed by atoms with Crippen LogP contribution in [0.5, 0.6) is 0 Å². The fraction of sp³-hybridized carbons (Fsp3) is 0.636. The average Bonchev–Trinajstić information content (AvgIpc) is 2.72. The summed E-state index contributed by atoms with van der Waals surface area (Å²) in [6.07, 6.45) is 1.57. The molecule has 0 aliphatic heterocycles. The van der Waals surface area contributed by atoms with Gasteiger partial charge >= 0.3 is 5.97 Å². The molecule has 0 unspecified atom stereocenters. The Kier molecular flexibility index (Phi) is 4.81. The number of furan rings is 1. The van der Waals surface area contributed by atoms with Crippen molar-refractivity contribution in [1.29, 1.82) is 0 Å². The van der Waals surface area contributed by atoms with E-state index < -0.39 is 5.97 Å². The highest BCUT2D eigenvalue weighted by Crippen LogP contribution is 2.29. The first-order valence-corrected chi connectivity index (χ1v) is 5.24. The van der Waals surface area contributed by atoms with Crippen molar-refractivity contribution in [3.63, 3.8) is 0 Å². The second-order valence-corrected chi connectivity index (χ2v) is 2.83. The molecule has 0 spiro atoms. The zero-order chi connectivity index (χ0) is 11.1. The lowest BCUT2D eigenvalue weighted by molar-refractivity contribution is -0.397. The second-order valence-electron chi connectivity index (χ2n) is 2.83. The van der Waals surface area contributed by atoms with Crippen molar-refractivity contribution in [3.8, 4) is 0 Å². The Morgan fingerprint density at radius 2 is 1.60 bits per heavy atom. The van der Waals surface area contributed by atoms with Crippen molar-refractivity contribution in [1.82, 2.24) is 0 Å². The summed E-state index contributed by atoms with van der Waals surface area (Å²) < 4.78 is 21.8. The Hall–Kier alpha value is -0.840. The van der Waals surface area contributed by atoms with Crippen LogP contribution in [0.2, 0.25) is 0 Å². The summed E-state index contributed by atoms with van der Waals surface area (Å²) in [5.41, 5.74) is 0. The summed E-state index contributed by atoms with van der Waals surface area (Å²) in [4.78, 5) is 0. The third kappa shape index (κ3) is 2.81. The van der Waals surface area contributed by atoms with Gasteiger partial charge in [-0.1, -0.05) is 0 Å². The van der Waals surface area contributed by atoms with Crippen molar-refractivity contribution in [3.05, 3.63) is 24.2 Å². The molecule has 0 N–H and O–H groups in total. The lowest BCUT2D eigenvalue weighted by Crippen LogP contribution is -2.36. The molecule has 0 saturated carbocycles. The molecule has 1 heterocycles. The van der Waals surface area contributed by atoms with Crippen LogP contribution >= 0.6 is 0 Å². The van der Waals surface area contributed by atoms with E-state index in [4.69, 9.17) is 18.6 Å². The molecule has 0 saturated heterocycles. The third-order valence-corrected chi connectivity index (χ3v) is 1.83. The van der Waals surface area contributed by atoms with Gasteiger partial charge in [-0.2, -0.15) is 0 Å². The molecule has 0 bridgehead atoms. The van der Waals surface area contributed by atoms with Gasteiger partial charge in [0.05, 0.1) is 26.1 Å². The van der Waals surface area contributed by atoms with Crippen LogP contribution in [0.4, 0.5) is 0 Å². The van der Waals surface area contributed by atoms with Gasteiger partial charge in [-0.25, -0.2) is 0 Å². The molecule has 0 amide bonds. The number of rotatable bonds is 7. The van der Waals surface area contributed by atoms with Gasteiger partial charge in [0.1, 0.15) is 0 Å². The van der Waals surface area contributed by atoms with Crippen molar-refractivity contribution in [2.24, 2.45) is 0 Å². The SMILES string of the molecule is CCOC(OCC)(OCC)c1ccco1. The summed E-state index contributed by atoms with van der Waals surface area (Å²) in [6, 6.07) is 3.56. The zero-order valence-electron chi connectivity index (χ0n) is 9.49. The maximum Gasteiger partial charge on any atom is 0.346 e. The van der Waals surface area contributed by atoms with Crippen LogP contribution in [-0.4, -0.2) is 19.8 Å². The standard InChI is InChI=1S/C11H18O4/c1-4-13-11(14-5-2,15-6-3)10-8-7-9-12-10/h7-9H,4-6H2,1-3H3. The van der Waals surface area contributed by atoms with Crippen LogP contribution < -0.4 is 0 Å². The Morgan fingerprint density at radius 3 is 1.93 bits per heavy atom. The van der Waals surface area contributed by atoms with Crippen LogP contribution in [0.3, 0.4) is 0 Å². The first kappa shape index (κ1) is 12.2. The summed E-state index contributed by atoms with van der Waals surface area (Å²) in [7, 11) is 0. The predicted octanol–water partition coefficient (Wildman–Crippen LogP) is 2.50. The Morgan fingerprint density at radius 1 is 1.07 bits per heavy atom. The molecule has 1 aromatic heterocycles. The molecule has 0 radical (unpaired) electrons. The van der Waals surface area contributed by atoms with E-state index in [-0.39, 0.29) is 0 Å². The van der Waals surface area contributed by atoms with Crippen molar-refractivity contribution in [2.45, 2.75) is 26.7 Å². The topological polar surface area (TPSA) is 40.8 Å². The minimum absolute atomic E-state index is 0.487. The van der Waals surface area contributed by atoms with Crippen LogP contribution in [0.25, 0.3) is 0 Å². The van der Waals surface area contributed by atoms with Crippen molar-refractivity contribution < 1.29 is 18.6 Å². The highest BCUT2D eigenvalue weighted by atomic mass is 16.9. The van der Waals surface area contributed by atoms with E-state index in [0.29, 0.717) is 25.6 Å². The minimum Gasteiger partial charge on any atom is -0.461 e. The third-order valence-electron chi connectivity index (χ3n) is 1.83. The lowest BCUT2D eigenvalue weighted by Gasteiger charge is -2.29. The minimum atomic E-state index is -1.19. The molecule has 0 aliphatic rings. The molecule has 4 heteroatoms. The van der Waals surface area contributed by atoms with Gasteiger partial charge in [-0.15, -0.1) is 0 Å². The van der Waals surface area contributed by atoms with Gasteiger partial charge in [0, 0.05) is 0 Å². The van der Waals surface area contributed by atoms with Crippen LogP contribution in [0, 0.1) is 0 Å². The van der Waals surface area contributed by atoms with Crippen molar-refractivity contribution in [2.75, 3.05) is 19.8 Å². The van der Waals surface area contributed by atoms with E-state index in [1.807, 2.05) is 20.8 Å². The normalized spacial score (nSPS) is 11.9. The largest absolute Gasteiger partial charge is 0.461 e. The quantitative estimate of drug-likeness (QED) is 0.654.